The monoisotopic (exact) mass is 470 g/mol. The van der Waals surface area contributed by atoms with E-state index in [1.807, 2.05) is 20.8 Å². The Bertz CT molecular complexity index is 1010. The molecule has 6 nitrogen and oxygen atoms in total. The van der Waals surface area contributed by atoms with Crippen LogP contribution in [0.3, 0.4) is 0 Å². The predicted octanol–water partition coefficient (Wildman–Crippen LogP) is 3.35. The van der Waals surface area contributed by atoms with Crippen LogP contribution in [0.15, 0.2) is 23.3 Å². The molecule has 6 rings (SSSR count). The smallest absolute Gasteiger partial charge is 0.333 e. The SMILES string of the molecule is CC1=C(C)C(=O)O[C@H]([C@@H](C)[C@H]2CC[C@H]3[C@@H]4[C@@H]5O[C@@H]5[C@@]5(O)CC=CC(=O)[C@]5(C)[C@H]4C[C@H](O)[C@]23C)C1. The third-order valence-electron chi connectivity index (χ3n) is 11.7. The molecule has 3 saturated carbocycles. The first-order valence-corrected chi connectivity index (χ1v) is 13.1. The minimum Gasteiger partial charge on any atom is -0.458 e. The summed E-state index contributed by atoms with van der Waals surface area (Å²) in [6, 6.07) is 0. The summed E-state index contributed by atoms with van der Waals surface area (Å²) in [5.74, 6) is 0.333. The number of aliphatic hydroxyl groups is 2. The second-order valence-corrected chi connectivity index (χ2v) is 12.6. The Morgan fingerprint density at radius 3 is 2.59 bits per heavy atom. The third-order valence-corrected chi connectivity index (χ3v) is 11.7. The summed E-state index contributed by atoms with van der Waals surface area (Å²) in [5.41, 5.74) is -0.664. The number of fused-ring (bicyclic) bond motifs is 8. The number of aliphatic hydroxyl groups excluding tert-OH is 1. The van der Waals surface area contributed by atoms with Gasteiger partial charge in [-0.1, -0.05) is 25.5 Å². The van der Waals surface area contributed by atoms with Gasteiger partial charge in [0, 0.05) is 12.0 Å². The minimum atomic E-state index is -1.19. The molecular weight excluding hydrogens is 432 g/mol. The number of epoxide rings is 1. The van der Waals surface area contributed by atoms with E-state index in [1.165, 1.54) is 0 Å². The summed E-state index contributed by atoms with van der Waals surface area (Å²) in [6.07, 6.45) is 5.89. The van der Waals surface area contributed by atoms with Crippen LogP contribution in [0.1, 0.15) is 66.7 Å². The fourth-order valence-electron chi connectivity index (χ4n) is 9.31. The molecule has 6 heteroatoms. The topological polar surface area (TPSA) is 96.4 Å². The standard InChI is InChI=1S/C28H38O6/c1-13-11-19(33-25(31)14(13)2)15(3)16-8-9-17-22-18(12-21(30)26(16,17)4)27(5)20(29)7-6-10-28(27,32)24-23(22)34-24/h6-7,15-19,21-24,30,32H,8-12H2,1-5H3/t15-,16+,17-,18-,19-,21-,22-,23-,24-,26+,27-,28-/m0/s1. The Labute approximate surface area is 201 Å². The first kappa shape index (κ1) is 22.9. The van der Waals surface area contributed by atoms with Crippen LogP contribution < -0.4 is 0 Å². The lowest BCUT2D eigenvalue weighted by Gasteiger charge is -2.61. The molecule has 0 bridgehead atoms. The van der Waals surface area contributed by atoms with E-state index in [2.05, 4.69) is 13.8 Å². The molecule has 1 saturated heterocycles. The van der Waals surface area contributed by atoms with Gasteiger partial charge >= 0.3 is 5.97 Å². The average Bonchev–Trinajstić information content (AvgIpc) is 3.51. The molecule has 0 aromatic rings. The van der Waals surface area contributed by atoms with Crippen LogP contribution >= 0.6 is 0 Å². The van der Waals surface area contributed by atoms with Crippen molar-refractivity contribution < 1.29 is 29.3 Å². The molecular formula is C28H38O6. The van der Waals surface area contributed by atoms with Gasteiger partial charge in [-0.15, -0.1) is 0 Å². The van der Waals surface area contributed by atoms with Gasteiger partial charge in [0.25, 0.3) is 0 Å². The van der Waals surface area contributed by atoms with E-state index >= 15 is 0 Å². The van der Waals surface area contributed by atoms with E-state index < -0.39 is 17.1 Å². The highest BCUT2D eigenvalue weighted by Gasteiger charge is 2.78. The van der Waals surface area contributed by atoms with E-state index in [4.69, 9.17) is 9.47 Å². The maximum Gasteiger partial charge on any atom is 0.333 e. The van der Waals surface area contributed by atoms with Gasteiger partial charge in [0.2, 0.25) is 0 Å². The Morgan fingerprint density at radius 2 is 1.88 bits per heavy atom. The van der Waals surface area contributed by atoms with Crippen molar-refractivity contribution in [2.45, 2.75) is 96.7 Å². The first-order valence-electron chi connectivity index (χ1n) is 13.1. The zero-order valence-corrected chi connectivity index (χ0v) is 20.9. The normalized spacial score (nSPS) is 54.6. The first-order chi connectivity index (χ1) is 16.0. The number of esters is 1. The molecule has 4 fully saturated rings. The van der Waals surface area contributed by atoms with Gasteiger partial charge in [-0.3, -0.25) is 4.79 Å². The van der Waals surface area contributed by atoms with Crippen LogP contribution in [0.2, 0.25) is 0 Å². The Morgan fingerprint density at radius 1 is 1.15 bits per heavy atom. The number of allylic oxidation sites excluding steroid dienone is 1. The molecule has 0 aromatic heterocycles. The van der Waals surface area contributed by atoms with E-state index in [9.17, 15) is 19.8 Å². The number of cyclic esters (lactones) is 1. The number of carbonyl (C=O) groups is 2. The quantitative estimate of drug-likeness (QED) is 0.475. The van der Waals surface area contributed by atoms with E-state index in [0.717, 1.165) is 24.8 Å². The molecule has 2 aliphatic heterocycles. The van der Waals surface area contributed by atoms with E-state index in [1.54, 1.807) is 12.2 Å². The van der Waals surface area contributed by atoms with Gasteiger partial charge in [-0.25, -0.2) is 4.79 Å². The molecule has 6 aliphatic rings. The summed E-state index contributed by atoms with van der Waals surface area (Å²) in [7, 11) is 0. The maximum atomic E-state index is 13.3. The Kier molecular flexibility index (Phi) is 4.75. The van der Waals surface area contributed by atoms with Crippen LogP contribution in [0.4, 0.5) is 0 Å². The van der Waals surface area contributed by atoms with Crippen molar-refractivity contribution in [3.8, 4) is 0 Å². The molecule has 0 amide bonds. The zero-order chi connectivity index (χ0) is 24.4. The number of hydrogen-bond donors (Lipinski definition) is 2. The molecule has 2 N–H and O–H groups in total. The van der Waals surface area contributed by atoms with Crippen LogP contribution in [0, 0.1) is 40.4 Å². The highest BCUT2D eigenvalue weighted by atomic mass is 16.6. The fourth-order valence-corrected chi connectivity index (χ4v) is 9.31. The number of hydrogen-bond acceptors (Lipinski definition) is 6. The van der Waals surface area contributed by atoms with Crippen LogP contribution in [-0.4, -0.2) is 52.0 Å². The van der Waals surface area contributed by atoms with Crippen molar-refractivity contribution in [2.75, 3.05) is 0 Å². The zero-order valence-electron chi connectivity index (χ0n) is 20.9. The van der Waals surface area contributed by atoms with Crippen LogP contribution in [0.25, 0.3) is 0 Å². The van der Waals surface area contributed by atoms with Crippen molar-refractivity contribution in [2.24, 2.45) is 40.4 Å². The van der Waals surface area contributed by atoms with Crippen molar-refractivity contribution in [3.63, 3.8) is 0 Å². The van der Waals surface area contributed by atoms with Crippen molar-refractivity contribution in [1.82, 2.24) is 0 Å². The molecule has 0 unspecified atom stereocenters. The summed E-state index contributed by atoms with van der Waals surface area (Å²) < 4.78 is 12.0. The number of rotatable bonds is 2. The van der Waals surface area contributed by atoms with Crippen molar-refractivity contribution in [1.29, 1.82) is 0 Å². The lowest BCUT2D eigenvalue weighted by Crippen LogP contribution is -2.69. The van der Waals surface area contributed by atoms with Crippen molar-refractivity contribution in [3.05, 3.63) is 23.3 Å². The van der Waals surface area contributed by atoms with Crippen molar-refractivity contribution >= 4 is 11.8 Å². The summed E-state index contributed by atoms with van der Waals surface area (Å²) in [6.45, 7) is 10.1. The van der Waals surface area contributed by atoms with Gasteiger partial charge in [0.05, 0.1) is 17.6 Å². The van der Waals surface area contributed by atoms with Gasteiger partial charge < -0.3 is 19.7 Å². The molecule has 0 radical (unpaired) electrons. The lowest BCUT2D eigenvalue weighted by molar-refractivity contribution is -0.201. The summed E-state index contributed by atoms with van der Waals surface area (Å²) in [5, 5.41) is 23.5. The second kappa shape index (κ2) is 7.04. The molecule has 0 spiro atoms. The largest absolute Gasteiger partial charge is 0.458 e. The molecule has 34 heavy (non-hydrogen) atoms. The number of ketones is 1. The molecule has 2 heterocycles. The average molecular weight is 471 g/mol. The minimum absolute atomic E-state index is 0.0318. The number of ether oxygens (including phenoxy) is 2. The summed E-state index contributed by atoms with van der Waals surface area (Å²) >= 11 is 0. The summed E-state index contributed by atoms with van der Waals surface area (Å²) in [4.78, 5) is 25.7. The van der Waals surface area contributed by atoms with Gasteiger partial charge in [0.1, 0.15) is 17.8 Å². The predicted molar refractivity (Wildman–Crippen MR) is 124 cm³/mol. The maximum absolute atomic E-state index is 13.3. The molecule has 4 aliphatic carbocycles. The molecule has 12 atom stereocenters. The molecule has 0 aromatic carbocycles. The Hall–Kier alpha value is -1.50. The van der Waals surface area contributed by atoms with Gasteiger partial charge in [0.15, 0.2) is 5.78 Å². The third kappa shape index (κ3) is 2.58. The Balaban J connectivity index is 1.34. The van der Waals surface area contributed by atoms with E-state index in [0.29, 0.717) is 18.4 Å². The highest BCUT2D eigenvalue weighted by molar-refractivity contribution is 5.97. The lowest BCUT2D eigenvalue weighted by atomic mass is 9.43. The number of carbonyl (C=O) groups excluding carboxylic acids is 2. The van der Waals surface area contributed by atoms with E-state index in [-0.39, 0.29) is 65.1 Å². The second-order valence-electron chi connectivity index (χ2n) is 12.6. The van der Waals surface area contributed by atoms with Crippen LogP contribution in [-0.2, 0) is 19.1 Å². The van der Waals surface area contributed by atoms with Crippen LogP contribution in [0.5, 0.6) is 0 Å². The highest BCUT2D eigenvalue weighted by Crippen LogP contribution is 2.71. The van der Waals surface area contributed by atoms with Gasteiger partial charge in [-0.2, -0.15) is 0 Å². The molecule has 186 valence electrons. The van der Waals surface area contributed by atoms with Gasteiger partial charge in [-0.05, 0) is 87.5 Å². The fraction of sp³-hybridized carbons (Fsp3) is 0.786.